The Kier molecular flexibility index (Phi) is 2.92. The summed E-state index contributed by atoms with van der Waals surface area (Å²) in [5, 5.41) is 9.08. The highest BCUT2D eigenvalue weighted by Gasteiger charge is 2.13. The maximum Gasteiger partial charge on any atom is 0.160 e. The number of fused-ring (bicyclic) bond motifs is 1. The smallest absolute Gasteiger partial charge is 0.160 e. The zero-order chi connectivity index (χ0) is 11.7. The maximum absolute atomic E-state index is 9.08. The van der Waals surface area contributed by atoms with E-state index < -0.39 is 0 Å². The van der Waals surface area contributed by atoms with Crippen LogP contribution in [0.25, 0.3) is 11.2 Å². The summed E-state index contributed by atoms with van der Waals surface area (Å²) in [5.74, 6) is 1.32. The monoisotopic (exact) mass is 219 g/mol. The highest BCUT2D eigenvalue weighted by Crippen LogP contribution is 2.20. The van der Waals surface area contributed by atoms with Gasteiger partial charge in [-0.25, -0.2) is 9.97 Å². The fraction of sp³-hybridized carbons (Fsp3) is 0.500. The Morgan fingerprint density at radius 1 is 1.44 bits per heavy atom. The lowest BCUT2D eigenvalue weighted by Gasteiger charge is -2.08. The molecule has 0 saturated heterocycles. The minimum atomic E-state index is 0.112. The van der Waals surface area contributed by atoms with Gasteiger partial charge < -0.3 is 9.67 Å². The number of rotatable bonds is 3. The summed E-state index contributed by atoms with van der Waals surface area (Å²) in [5.41, 5.74) is 2.89. The van der Waals surface area contributed by atoms with Gasteiger partial charge >= 0.3 is 0 Å². The normalized spacial score (nSPS) is 11.6. The molecule has 2 aromatic rings. The van der Waals surface area contributed by atoms with Crippen molar-refractivity contribution in [2.24, 2.45) is 0 Å². The van der Waals surface area contributed by atoms with Gasteiger partial charge in [0, 0.05) is 18.7 Å². The second-order valence-corrected chi connectivity index (χ2v) is 4.36. The first-order valence-corrected chi connectivity index (χ1v) is 5.57. The zero-order valence-electron chi connectivity index (χ0n) is 9.94. The molecule has 0 bridgehead atoms. The lowest BCUT2D eigenvalue weighted by atomic mass is 10.2. The zero-order valence-corrected chi connectivity index (χ0v) is 9.94. The largest absolute Gasteiger partial charge is 0.395 e. The van der Waals surface area contributed by atoms with Gasteiger partial charge in [-0.05, 0) is 18.6 Å². The number of hydrogen-bond acceptors (Lipinski definition) is 3. The van der Waals surface area contributed by atoms with Gasteiger partial charge in [-0.2, -0.15) is 0 Å². The third-order valence-corrected chi connectivity index (χ3v) is 2.59. The summed E-state index contributed by atoms with van der Waals surface area (Å²) >= 11 is 0. The van der Waals surface area contributed by atoms with E-state index in [1.54, 1.807) is 0 Å². The van der Waals surface area contributed by atoms with E-state index in [-0.39, 0.29) is 6.61 Å². The lowest BCUT2D eigenvalue weighted by molar-refractivity contribution is 0.275. The summed E-state index contributed by atoms with van der Waals surface area (Å²) in [6, 6.07) is 2.03. The first kappa shape index (κ1) is 11.1. The molecular weight excluding hydrogens is 202 g/mol. The first-order chi connectivity index (χ1) is 7.63. The van der Waals surface area contributed by atoms with Crippen LogP contribution in [0.5, 0.6) is 0 Å². The molecular formula is C12H17N3O. The Balaban J connectivity index is 2.65. The van der Waals surface area contributed by atoms with Crippen LogP contribution < -0.4 is 0 Å². The average Bonchev–Trinajstić information content (AvgIpc) is 2.57. The minimum Gasteiger partial charge on any atom is -0.395 e. The molecule has 16 heavy (non-hydrogen) atoms. The number of imidazole rings is 1. The number of aliphatic hydroxyl groups excluding tert-OH is 1. The number of aromatic nitrogens is 3. The summed E-state index contributed by atoms with van der Waals surface area (Å²) in [6.45, 7) is 6.87. The van der Waals surface area contributed by atoms with Gasteiger partial charge in [0.2, 0.25) is 0 Å². The number of pyridine rings is 1. The molecule has 0 spiro atoms. The Morgan fingerprint density at radius 2 is 2.19 bits per heavy atom. The van der Waals surface area contributed by atoms with Crippen molar-refractivity contribution in [1.82, 2.24) is 14.5 Å². The molecule has 0 aromatic carbocycles. The quantitative estimate of drug-likeness (QED) is 0.857. The van der Waals surface area contributed by atoms with Crippen LogP contribution in [0.15, 0.2) is 12.3 Å². The number of aryl methyl sites for hydroxylation is 1. The number of hydrogen-bond donors (Lipinski definition) is 1. The van der Waals surface area contributed by atoms with Crippen LogP contribution in [-0.4, -0.2) is 26.2 Å². The molecule has 2 heterocycles. The van der Waals surface area contributed by atoms with Crippen LogP contribution in [0.3, 0.4) is 0 Å². The highest BCUT2D eigenvalue weighted by molar-refractivity contribution is 5.72. The fourth-order valence-corrected chi connectivity index (χ4v) is 1.89. The molecule has 1 N–H and O–H groups in total. The molecule has 2 rings (SSSR count). The molecule has 0 saturated carbocycles. The van der Waals surface area contributed by atoms with Crippen molar-refractivity contribution in [1.29, 1.82) is 0 Å². The Labute approximate surface area is 95.0 Å². The molecule has 0 fully saturated rings. The van der Waals surface area contributed by atoms with E-state index in [9.17, 15) is 0 Å². The van der Waals surface area contributed by atoms with Gasteiger partial charge in [-0.1, -0.05) is 13.8 Å². The van der Waals surface area contributed by atoms with Crippen molar-refractivity contribution in [3.8, 4) is 0 Å². The van der Waals surface area contributed by atoms with Crippen LogP contribution >= 0.6 is 0 Å². The Bertz CT molecular complexity index is 502. The molecule has 4 nitrogen and oxygen atoms in total. The highest BCUT2D eigenvalue weighted by atomic mass is 16.3. The molecule has 0 unspecified atom stereocenters. The van der Waals surface area contributed by atoms with Gasteiger partial charge in [-0.15, -0.1) is 0 Å². The molecule has 0 atom stereocenters. The number of nitrogens with zero attached hydrogens (tertiary/aromatic N) is 3. The van der Waals surface area contributed by atoms with E-state index in [4.69, 9.17) is 5.11 Å². The molecule has 2 aromatic heterocycles. The second-order valence-electron chi connectivity index (χ2n) is 4.36. The second kappa shape index (κ2) is 4.22. The summed E-state index contributed by atoms with van der Waals surface area (Å²) in [4.78, 5) is 8.97. The van der Waals surface area contributed by atoms with Crippen molar-refractivity contribution in [2.75, 3.05) is 6.61 Å². The van der Waals surface area contributed by atoms with E-state index in [0.717, 1.165) is 22.6 Å². The molecule has 86 valence electrons. The molecule has 0 radical (unpaired) electrons. The van der Waals surface area contributed by atoms with Gasteiger partial charge in [0.05, 0.1) is 6.61 Å². The molecule has 0 aliphatic rings. The van der Waals surface area contributed by atoms with E-state index in [0.29, 0.717) is 12.5 Å². The van der Waals surface area contributed by atoms with Gasteiger partial charge in [0.1, 0.15) is 11.3 Å². The van der Waals surface area contributed by atoms with E-state index in [2.05, 4.69) is 23.8 Å². The molecule has 0 aliphatic heterocycles. The van der Waals surface area contributed by atoms with Gasteiger partial charge in [0.15, 0.2) is 5.65 Å². The third-order valence-electron chi connectivity index (χ3n) is 2.59. The van der Waals surface area contributed by atoms with Crippen LogP contribution in [0.1, 0.15) is 31.2 Å². The van der Waals surface area contributed by atoms with Crippen molar-refractivity contribution < 1.29 is 5.11 Å². The van der Waals surface area contributed by atoms with Crippen molar-refractivity contribution in [2.45, 2.75) is 33.2 Å². The molecule has 4 heteroatoms. The van der Waals surface area contributed by atoms with Crippen LogP contribution in [0.2, 0.25) is 0 Å². The average molecular weight is 219 g/mol. The molecule has 0 amide bonds. The van der Waals surface area contributed by atoms with Crippen molar-refractivity contribution >= 4 is 11.2 Å². The van der Waals surface area contributed by atoms with E-state index >= 15 is 0 Å². The standard InChI is InChI=1S/C12H17N3O/c1-8(2)11-14-10-6-9(3)7-13-12(10)15(11)4-5-16/h6-8,16H,4-5H2,1-3H3. The summed E-state index contributed by atoms with van der Waals surface area (Å²) < 4.78 is 2.00. The Morgan fingerprint density at radius 3 is 2.81 bits per heavy atom. The summed E-state index contributed by atoms with van der Waals surface area (Å²) in [7, 11) is 0. The molecule has 0 aliphatic carbocycles. The van der Waals surface area contributed by atoms with Crippen LogP contribution in [0, 0.1) is 6.92 Å². The van der Waals surface area contributed by atoms with Crippen LogP contribution in [-0.2, 0) is 6.54 Å². The fourth-order valence-electron chi connectivity index (χ4n) is 1.89. The SMILES string of the molecule is Cc1cnc2c(c1)nc(C(C)C)n2CCO. The first-order valence-electron chi connectivity index (χ1n) is 5.57. The summed E-state index contributed by atoms with van der Waals surface area (Å²) in [6.07, 6.45) is 1.84. The number of aliphatic hydroxyl groups is 1. The van der Waals surface area contributed by atoms with Crippen molar-refractivity contribution in [3.05, 3.63) is 23.7 Å². The predicted molar refractivity (Wildman–Crippen MR) is 63.4 cm³/mol. The predicted octanol–water partition coefficient (Wildman–Crippen LogP) is 1.86. The van der Waals surface area contributed by atoms with Gasteiger partial charge in [-0.3, -0.25) is 0 Å². The van der Waals surface area contributed by atoms with Crippen molar-refractivity contribution in [3.63, 3.8) is 0 Å². The topological polar surface area (TPSA) is 50.9 Å². The lowest BCUT2D eigenvalue weighted by Crippen LogP contribution is -2.08. The Hall–Kier alpha value is -1.42. The minimum absolute atomic E-state index is 0.112. The van der Waals surface area contributed by atoms with E-state index in [1.807, 2.05) is 23.8 Å². The third kappa shape index (κ3) is 1.80. The van der Waals surface area contributed by atoms with E-state index in [1.165, 1.54) is 0 Å². The van der Waals surface area contributed by atoms with Crippen LogP contribution in [0.4, 0.5) is 0 Å². The maximum atomic E-state index is 9.08. The van der Waals surface area contributed by atoms with Gasteiger partial charge in [0.25, 0.3) is 0 Å².